The molecule has 7 nitrogen and oxygen atoms in total. The third-order valence-corrected chi connectivity index (χ3v) is 5.29. The van der Waals surface area contributed by atoms with E-state index in [0.717, 1.165) is 29.6 Å². The van der Waals surface area contributed by atoms with Crippen molar-refractivity contribution in [2.75, 3.05) is 29.9 Å². The van der Waals surface area contributed by atoms with E-state index in [-0.39, 0.29) is 18.2 Å². The maximum atomic E-state index is 13.4. The lowest BCUT2D eigenvalue weighted by Crippen LogP contribution is -2.37. The van der Waals surface area contributed by atoms with Gasteiger partial charge in [-0.15, -0.1) is 0 Å². The first kappa shape index (κ1) is 19.8. The van der Waals surface area contributed by atoms with Crippen molar-refractivity contribution >= 4 is 34.5 Å². The smallest absolute Gasteiger partial charge is 0.230 e. The van der Waals surface area contributed by atoms with Crippen LogP contribution in [0.3, 0.4) is 0 Å². The van der Waals surface area contributed by atoms with Gasteiger partial charge in [-0.3, -0.25) is 14.5 Å². The van der Waals surface area contributed by atoms with Crippen LogP contribution >= 0.6 is 0 Å². The van der Waals surface area contributed by atoms with Gasteiger partial charge in [0.2, 0.25) is 11.8 Å². The number of hydrogen-bond donors (Lipinski definition) is 1. The van der Waals surface area contributed by atoms with Gasteiger partial charge in [0, 0.05) is 27.1 Å². The molecule has 1 N–H and O–H groups in total. The van der Waals surface area contributed by atoms with E-state index in [2.05, 4.69) is 5.32 Å². The van der Waals surface area contributed by atoms with E-state index in [1.165, 1.54) is 6.92 Å². The zero-order valence-corrected chi connectivity index (χ0v) is 17.2. The third-order valence-electron chi connectivity index (χ3n) is 5.29. The van der Waals surface area contributed by atoms with Crippen molar-refractivity contribution in [3.63, 3.8) is 0 Å². The molecule has 0 fully saturated rings. The number of anilines is 2. The highest BCUT2D eigenvalue weighted by Gasteiger charge is 2.29. The molecule has 2 amide bonds. The fourth-order valence-electron chi connectivity index (χ4n) is 3.81. The molecule has 3 aromatic rings. The molecular weight excluding hydrogens is 378 g/mol. The minimum absolute atomic E-state index is 0.0845. The minimum Gasteiger partial charge on any atom is -0.357 e. The maximum Gasteiger partial charge on any atom is 0.230 e. The Bertz CT molecular complexity index is 1070. The van der Waals surface area contributed by atoms with Crippen LogP contribution in [0, 0.1) is 0 Å². The number of aromatic nitrogens is 2. The molecule has 30 heavy (non-hydrogen) atoms. The van der Waals surface area contributed by atoms with Crippen LogP contribution in [-0.2, 0) is 9.59 Å². The average molecular weight is 403 g/mol. The fourth-order valence-corrected chi connectivity index (χ4v) is 3.81. The lowest BCUT2D eigenvalue weighted by Gasteiger charge is -2.25. The van der Waals surface area contributed by atoms with E-state index in [1.54, 1.807) is 4.90 Å². The monoisotopic (exact) mass is 403 g/mol. The van der Waals surface area contributed by atoms with E-state index in [0.29, 0.717) is 18.2 Å². The van der Waals surface area contributed by atoms with Crippen LogP contribution < -0.4 is 15.1 Å². The Morgan fingerprint density at radius 1 is 0.967 bits per heavy atom. The summed E-state index contributed by atoms with van der Waals surface area (Å²) in [6, 6.07) is 16.9. The second-order valence-corrected chi connectivity index (χ2v) is 7.55. The van der Waals surface area contributed by atoms with Gasteiger partial charge < -0.3 is 10.2 Å². The van der Waals surface area contributed by atoms with Gasteiger partial charge in [0.1, 0.15) is 0 Å². The number of hydrogen-bond acceptors (Lipinski definition) is 5. The summed E-state index contributed by atoms with van der Waals surface area (Å²) >= 11 is 0. The summed E-state index contributed by atoms with van der Waals surface area (Å²) in [5, 5.41) is 2.91. The van der Waals surface area contributed by atoms with Crippen LogP contribution in [-0.4, -0.2) is 41.9 Å². The molecule has 0 saturated carbocycles. The maximum absolute atomic E-state index is 13.4. The predicted molar refractivity (Wildman–Crippen MR) is 117 cm³/mol. The van der Waals surface area contributed by atoms with Crippen molar-refractivity contribution in [3.8, 4) is 0 Å². The van der Waals surface area contributed by atoms with E-state index in [1.807, 2.05) is 66.5 Å². The second kappa shape index (κ2) is 8.49. The summed E-state index contributed by atoms with van der Waals surface area (Å²) in [7, 11) is 1.97. The lowest BCUT2D eigenvalue weighted by molar-refractivity contribution is -0.121. The molecule has 2 heterocycles. The summed E-state index contributed by atoms with van der Waals surface area (Å²) in [5.41, 5.74) is 2.46. The number of fused-ring (bicyclic) bond motifs is 2. The van der Waals surface area contributed by atoms with Gasteiger partial charge in [0.05, 0.1) is 23.5 Å². The van der Waals surface area contributed by atoms with Gasteiger partial charge in [0.25, 0.3) is 0 Å². The highest BCUT2D eigenvalue weighted by Crippen LogP contribution is 2.31. The Morgan fingerprint density at radius 2 is 1.60 bits per heavy atom. The van der Waals surface area contributed by atoms with Crippen LogP contribution in [0.5, 0.6) is 0 Å². The van der Waals surface area contributed by atoms with Gasteiger partial charge >= 0.3 is 0 Å². The van der Waals surface area contributed by atoms with Crippen molar-refractivity contribution in [2.24, 2.45) is 0 Å². The summed E-state index contributed by atoms with van der Waals surface area (Å²) in [6.07, 6.45) is 0.966. The molecule has 154 valence electrons. The Kier molecular flexibility index (Phi) is 5.61. The molecule has 0 bridgehead atoms. The number of rotatable bonds is 4. The highest BCUT2D eigenvalue weighted by molar-refractivity contribution is 5.97. The van der Waals surface area contributed by atoms with E-state index >= 15 is 0 Å². The fraction of sp³-hybridized carbons (Fsp3) is 0.304. The quantitative estimate of drug-likeness (QED) is 0.724. The molecule has 0 aliphatic carbocycles. The second-order valence-electron chi connectivity index (χ2n) is 7.55. The molecular formula is C23H25N5O2. The predicted octanol–water partition coefficient (Wildman–Crippen LogP) is 3.07. The van der Waals surface area contributed by atoms with Gasteiger partial charge in [-0.2, -0.15) is 0 Å². The number of carbonyl (C=O) groups excluding carboxylic acids is 2. The van der Waals surface area contributed by atoms with Crippen molar-refractivity contribution < 1.29 is 9.59 Å². The zero-order valence-electron chi connectivity index (χ0n) is 17.2. The molecule has 0 radical (unpaired) electrons. The molecule has 1 aliphatic heterocycles. The first-order valence-corrected chi connectivity index (χ1v) is 10.1. The van der Waals surface area contributed by atoms with Gasteiger partial charge in [0.15, 0.2) is 11.6 Å². The Balaban J connectivity index is 1.69. The zero-order chi connectivity index (χ0) is 21.1. The van der Waals surface area contributed by atoms with Crippen LogP contribution in [0.25, 0.3) is 11.0 Å². The molecule has 4 rings (SSSR count). The largest absolute Gasteiger partial charge is 0.357 e. The van der Waals surface area contributed by atoms with Gasteiger partial charge in [-0.25, -0.2) is 9.97 Å². The highest BCUT2D eigenvalue weighted by atomic mass is 16.2. The molecule has 1 atom stereocenters. The third kappa shape index (κ3) is 4.10. The summed E-state index contributed by atoms with van der Waals surface area (Å²) in [5.74, 6) is 1.03. The van der Waals surface area contributed by atoms with Gasteiger partial charge in [-0.1, -0.05) is 42.5 Å². The Labute approximate surface area is 175 Å². The van der Waals surface area contributed by atoms with E-state index in [4.69, 9.17) is 9.97 Å². The molecule has 0 spiro atoms. The van der Waals surface area contributed by atoms with E-state index < -0.39 is 6.04 Å². The van der Waals surface area contributed by atoms with Crippen molar-refractivity contribution in [1.29, 1.82) is 0 Å². The molecule has 1 aromatic heterocycles. The molecule has 7 heteroatoms. The number of para-hydroxylation sites is 2. The van der Waals surface area contributed by atoms with Crippen LogP contribution in [0.4, 0.5) is 11.6 Å². The minimum atomic E-state index is -0.394. The van der Waals surface area contributed by atoms with Gasteiger partial charge in [-0.05, 0) is 24.1 Å². The summed E-state index contributed by atoms with van der Waals surface area (Å²) < 4.78 is 0. The topological polar surface area (TPSA) is 78.4 Å². The van der Waals surface area contributed by atoms with E-state index in [9.17, 15) is 9.59 Å². The average Bonchev–Trinajstić information content (AvgIpc) is 2.91. The number of nitrogens with zero attached hydrogens (tertiary/aromatic N) is 4. The molecule has 1 aliphatic rings. The molecule has 1 unspecified atom stereocenters. The standard InChI is InChI=1S/C23H25N5O2/c1-16(29)24-20(17-9-4-3-5-10-17)15-21(30)28-14-8-13-27(2)22-23(28)26-19-12-7-6-11-18(19)25-22/h3-7,9-12,20H,8,13-15H2,1-2H3,(H,24,29). The van der Waals surface area contributed by atoms with Crippen molar-refractivity contribution in [3.05, 3.63) is 60.2 Å². The molecule has 0 saturated heterocycles. The lowest BCUT2D eigenvalue weighted by atomic mass is 10.0. The van der Waals surface area contributed by atoms with Crippen molar-refractivity contribution in [1.82, 2.24) is 15.3 Å². The normalized spacial score (nSPS) is 14.7. The number of carbonyl (C=O) groups is 2. The summed E-state index contributed by atoms with van der Waals surface area (Å²) in [6.45, 7) is 2.82. The number of benzene rings is 2. The Morgan fingerprint density at radius 3 is 2.27 bits per heavy atom. The SMILES string of the molecule is CC(=O)NC(CC(=O)N1CCCN(C)c2nc3ccccc3nc21)c1ccccc1. The summed E-state index contributed by atoms with van der Waals surface area (Å²) in [4.78, 5) is 38.5. The Hall–Kier alpha value is -3.48. The number of nitrogens with one attached hydrogen (secondary N) is 1. The van der Waals surface area contributed by atoms with Crippen LogP contribution in [0.2, 0.25) is 0 Å². The first-order valence-electron chi connectivity index (χ1n) is 10.1. The van der Waals surface area contributed by atoms with Crippen LogP contribution in [0.1, 0.15) is 31.4 Å². The number of amides is 2. The van der Waals surface area contributed by atoms with Crippen molar-refractivity contribution in [2.45, 2.75) is 25.8 Å². The van der Waals surface area contributed by atoms with Crippen LogP contribution in [0.15, 0.2) is 54.6 Å². The first-order chi connectivity index (χ1) is 14.5. The molecule has 2 aromatic carbocycles.